The molecule has 25 heavy (non-hydrogen) atoms. The highest BCUT2D eigenvalue weighted by Gasteiger charge is 2.23. The molecule has 2 amide bonds. The van der Waals surface area contributed by atoms with Gasteiger partial charge in [0, 0.05) is 24.7 Å². The molecular formula is C19H22N2O3S. The molecular weight excluding hydrogens is 336 g/mol. The Kier molecular flexibility index (Phi) is 7.35. The van der Waals surface area contributed by atoms with Crippen molar-refractivity contribution < 1.29 is 14.3 Å². The van der Waals surface area contributed by atoms with E-state index in [2.05, 4.69) is 5.32 Å². The lowest BCUT2D eigenvalue weighted by Gasteiger charge is -2.21. The van der Waals surface area contributed by atoms with Crippen molar-refractivity contribution in [1.29, 1.82) is 0 Å². The lowest BCUT2D eigenvalue weighted by Crippen LogP contribution is -2.47. The number of carbonyl (C=O) groups is 2. The third kappa shape index (κ3) is 6.51. The van der Waals surface area contributed by atoms with E-state index in [4.69, 9.17) is 4.74 Å². The average molecular weight is 358 g/mol. The van der Waals surface area contributed by atoms with Crippen molar-refractivity contribution in [3.63, 3.8) is 0 Å². The van der Waals surface area contributed by atoms with Crippen LogP contribution < -0.4 is 5.32 Å². The lowest BCUT2D eigenvalue weighted by atomic mass is 10.2. The quantitative estimate of drug-likeness (QED) is 0.773. The van der Waals surface area contributed by atoms with Crippen LogP contribution in [0.2, 0.25) is 0 Å². The Morgan fingerprint density at radius 2 is 1.64 bits per heavy atom. The zero-order valence-electron chi connectivity index (χ0n) is 14.3. The number of ether oxygens (including phenoxy) is 1. The van der Waals surface area contributed by atoms with Crippen LogP contribution in [0.25, 0.3) is 0 Å². The van der Waals surface area contributed by atoms with Gasteiger partial charge in [-0.3, -0.25) is 4.79 Å². The highest BCUT2D eigenvalue weighted by Crippen LogP contribution is 2.18. The molecule has 5 nitrogen and oxygen atoms in total. The number of alkyl carbamates (subject to hydrolysis) is 1. The molecule has 0 spiro atoms. The van der Waals surface area contributed by atoms with Crippen LogP contribution >= 0.6 is 11.8 Å². The van der Waals surface area contributed by atoms with Crippen LogP contribution in [0.5, 0.6) is 0 Å². The Bertz CT molecular complexity index is 678. The van der Waals surface area contributed by atoms with Crippen molar-refractivity contribution in [3.8, 4) is 0 Å². The summed E-state index contributed by atoms with van der Waals surface area (Å²) in [5, 5.41) is 2.67. The van der Waals surface area contributed by atoms with Crippen molar-refractivity contribution in [2.24, 2.45) is 0 Å². The van der Waals surface area contributed by atoms with Crippen molar-refractivity contribution in [2.45, 2.75) is 17.5 Å². The Labute approximate surface area is 152 Å². The van der Waals surface area contributed by atoms with Crippen molar-refractivity contribution in [3.05, 3.63) is 66.2 Å². The van der Waals surface area contributed by atoms with E-state index < -0.39 is 12.1 Å². The number of rotatable bonds is 7. The summed E-state index contributed by atoms with van der Waals surface area (Å²) in [4.78, 5) is 26.9. The number of amides is 2. The largest absolute Gasteiger partial charge is 0.445 e. The Morgan fingerprint density at radius 1 is 1.04 bits per heavy atom. The maximum absolute atomic E-state index is 12.3. The van der Waals surface area contributed by atoms with Gasteiger partial charge >= 0.3 is 6.09 Å². The number of nitrogens with zero attached hydrogens (tertiary/aromatic N) is 1. The van der Waals surface area contributed by atoms with Gasteiger partial charge in [0.1, 0.15) is 12.6 Å². The fourth-order valence-electron chi connectivity index (χ4n) is 2.09. The zero-order chi connectivity index (χ0) is 18.1. The van der Waals surface area contributed by atoms with Gasteiger partial charge in [0.25, 0.3) is 0 Å². The predicted octanol–water partition coefficient (Wildman–Crippen LogP) is 3.16. The van der Waals surface area contributed by atoms with Crippen LogP contribution in [0.15, 0.2) is 65.6 Å². The van der Waals surface area contributed by atoms with Crippen LogP contribution in [0.4, 0.5) is 4.79 Å². The van der Waals surface area contributed by atoms with Gasteiger partial charge in [0.2, 0.25) is 5.91 Å². The summed E-state index contributed by atoms with van der Waals surface area (Å²) in [6.45, 7) is 0.168. The van der Waals surface area contributed by atoms with E-state index in [9.17, 15) is 9.59 Å². The minimum atomic E-state index is -0.650. The molecule has 0 aliphatic carbocycles. The van der Waals surface area contributed by atoms with E-state index in [0.29, 0.717) is 5.75 Å². The molecule has 1 N–H and O–H groups in total. The molecule has 0 saturated heterocycles. The maximum Gasteiger partial charge on any atom is 0.408 e. The molecule has 1 atom stereocenters. The summed E-state index contributed by atoms with van der Waals surface area (Å²) >= 11 is 1.51. The summed E-state index contributed by atoms with van der Waals surface area (Å²) in [7, 11) is 3.33. The number of hydrogen-bond acceptors (Lipinski definition) is 4. The SMILES string of the molecule is CN(C)C(=O)[C@H](CSc1ccccc1)NC(=O)OCc1ccccc1. The lowest BCUT2D eigenvalue weighted by molar-refractivity contribution is -0.130. The fourth-order valence-corrected chi connectivity index (χ4v) is 3.02. The van der Waals surface area contributed by atoms with Crippen LogP contribution in [-0.4, -0.2) is 42.8 Å². The van der Waals surface area contributed by atoms with Crippen LogP contribution in [0.3, 0.4) is 0 Å². The predicted molar refractivity (Wildman–Crippen MR) is 99.4 cm³/mol. The molecule has 0 aliphatic heterocycles. The van der Waals surface area contributed by atoms with E-state index in [1.54, 1.807) is 14.1 Å². The average Bonchev–Trinajstić information content (AvgIpc) is 2.64. The first-order valence-electron chi connectivity index (χ1n) is 7.92. The number of thioether (sulfide) groups is 1. The van der Waals surface area contributed by atoms with E-state index in [1.807, 2.05) is 60.7 Å². The van der Waals surface area contributed by atoms with Gasteiger partial charge in [0.15, 0.2) is 0 Å². The van der Waals surface area contributed by atoms with E-state index >= 15 is 0 Å². The summed E-state index contributed by atoms with van der Waals surface area (Å²) < 4.78 is 5.21. The van der Waals surface area contributed by atoms with Gasteiger partial charge < -0.3 is 15.0 Å². The highest BCUT2D eigenvalue weighted by molar-refractivity contribution is 7.99. The number of nitrogens with one attached hydrogen (secondary N) is 1. The number of hydrogen-bond donors (Lipinski definition) is 1. The topological polar surface area (TPSA) is 58.6 Å². The minimum Gasteiger partial charge on any atom is -0.445 e. The molecule has 2 aromatic carbocycles. The number of carbonyl (C=O) groups excluding carboxylic acids is 2. The molecule has 2 rings (SSSR count). The Morgan fingerprint density at radius 3 is 2.24 bits per heavy atom. The summed E-state index contributed by atoms with van der Waals surface area (Å²) in [5.41, 5.74) is 0.895. The highest BCUT2D eigenvalue weighted by atomic mass is 32.2. The second-order valence-electron chi connectivity index (χ2n) is 5.62. The van der Waals surface area contributed by atoms with Gasteiger partial charge in [-0.25, -0.2) is 4.79 Å². The summed E-state index contributed by atoms with van der Waals surface area (Å²) in [6.07, 6.45) is -0.599. The number of benzene rings is 2. The minimum absolute atomic E-state index is 0.167. The summed E-state index contributed by atoms with van der Waals surface area (Å²) in [5.74, 6) is 0.265. The standard InChI is InChI=1S/C19H22N2O3S/c1-21(2)18(22)17(14-25-16-11-7-4-8-12-16)20-19(23)24-13-15-9-5-3-6-10-15/h3-12,17H,13-14H2,1-2H3,(H,20,23)/t17-/m0/s1. The van der Waals surface area contributed by atoms with E-state index in [-0.39, 0.29) is 12.5 Å². The molecule has 0 heterocycles. The van der Waals surface area contributed by atoms with Crippen molar-refractivity contribution in [1.82, 2.24) is 10.2 Å². The third-order valence-electron chi connectivity index (χ3n) is 3.40. The first-order valence-corrected chi connectivity index (χ1v) is 8.91. The van der Waals surface area contributed by atoms with Gasteiger partial charge in [0.05, 0.1) is 0 Å². The molecule has 0 aliphatic rings. The van der Waals surface area contributed by atoms with E-state index in [1.165, 1.54) is 16.7 Å². The Balaban J connectivity index is 1.90. The van der Waals surface area contributed by atoms with Gasteiger partial charge in [-0.1, -0.05) is 48.5 Å². The molecule has 0 radical (unpaired) electrons. The third-order valence-corrected chi connectivity index (χ3v) is 4.51. The van der Waals surface area contributed by atoms with Gasteiger partial charge in [-0.2, -0.15) is 0 Å². The molecule has 0 fully saturated rings. The smallest absolute Gasteiger partial charge is 0.408 e. The molecule has 2 aromatic rings. The van der Waals surface area contributed by atoms with Crippen molar-refractivity contribution >= 4 is 23.8 Å². The normalized spacial score (nSPS) is 11.4. The van der Waals surface area contributed by atoms with Crippen LogP contribution in [0, 0.1) is 0 Å². The Hall–Kier alpha value is -2.47. The van der Waals surface area contributed by atoms with Crippen LogP contribution in [0.1, 0.15) is 5.56 Å². The second-order valence-corrected chi connectivity index (χ2v) is 6.71. The fraction of sp³-hybridized carbons (Fsp3) is 0.263. The first kappa shape index (κ1) is 18.9. The first-order chi connectivity index (χ1) is 12.1. The van der Waals surface area contributed by atoms with Crippen LogP contribution in [-0.2, 0) is 16.1 Å². The zero-order valence-corrected chi connectivity index (χ0v) is 15.2. The molecule has 0 bridgehead atoms. The summed E-state index contributed by atoms with van der Waals surface area (Å²) in [6, 6.07) is 18.5. The molecule has 0 unspecified atom stereocenters. The van der Waals surface area contributed by atoms with Crippen molar-refractivity contribution in [2.75, 3.05) is 19.8 Å². The maximum atomic E-state index is 12.3. The molecule has 6 heteroatoms. The van der Waals surface area contributed by atoms with E-state index in [0.717, 1.165) is 10.5 Å². The second kappa shape index (κ2) is 9.74. The molecule has 0 aromatic heterocycles. The van der Waals surface area contributed by atoms with Gasteiger partial charge in [-0.05, 0) is 17.7 Å². The number of likely N-dealkylation sites (N-methyl/N-ethyl adjacent to an activating group) is 1. The molecule has 132 valence electrons. The monoisotopic (exact) mass is 358 g/mol. The van der Waals surface area contributed by atoms with Gasteiger partial charge in [-0.15, -0.1) is 11.8 Å². The molecule has 0 saturated carbocycles.